The molecule has 0 spiro atoms. The van der Waals surface area contributed by atoms with Crippen LogP contribution in [0.4, 0.5) is 0 Å². The van der Waals surface area contributed by atoms with Crippen LogP contribution < -0.4 is 0 Å². The van der Waals surface area contributed by atoms with Gasteiger partial charge in [-0.3, -0.25) is 23.5 Å². The Hall–Kier alpha value is -2.81. The third kappa shape index (κ3) is 1.97. The molecule has 1 aromatic carbocycles. The number of carbonyl (C=O) groups is 4. The highest BCUT2D eigenvalue weighted by Crippen LogP contribution is 2.39. The van der Waals surface area contributed by atoms with Crippen molar-refractivity contribution in [1.29, 1.82) is 0 Å². The number of ether oxygens (including phenoxy) is 1. The van der Waals surface area contributed by atoms with E-state index >= 15 is 0 Å². The second kappa shape index (κ2) is 5.60. The monoisotopic (exact) mass is 374 g/mol. The first-order valence-corrected chi connectivity index (χ1v) is 9.18. The lowest BCUT2D eigenvalue weighted by atomic mass is 9.97. The average Bonchev–Trinajstić information content (AvgIpc) is 2.87. The lowest BCUT2D eigenvalue weighted by molar-refractivity contribution is -0.163. The maximum atomic E-state index is 12.7. The maximum absolute atomic E-state index is 12.7. The number of benzene rings is 1. The number of amides is 3. The summed E-state index contributed by atoms with van der Waals surface area (Å²) >= 11 is 0. The van der Waals surface area contributed by atoms with Crippen molar-refractivity contribution in [3.63, 3.8) is 0 Å². The first-order chi connectivity index (χ1) is 12.4. The van der Waals surface area contributed by atoms with E-state index in [4.69, 9.17) is 4.74 Å². The Morgan fingerprint density at radius 1 is 1.19 bits per heavy atom. The van der Waals surface area contributed by atoms with Crippen molar-refractivity contribution < 1.29 is 28.1 Å². The van der Waals surface area contributed by atoms with Gasteiger partial charge in [-0.25, -0.2) is 4.79 Å². The Kier molecular flexibility index (Phi) is 3.58. The number of hydrogen-bond acceptors (Lipinski definition) is 6. The number of methoxy groups -OCH3 is 1. The third-order valence-electron chi connectivity index (χ3n) is 4.84. The highest BCUT2D eigenvalue weighted by atomic mass is 32.2. The summed E-state index contributed by atoms with van der Waals surface area (Å²) in [6, 6.07) is 4.02. The summed E-state index contributed by atoms with van der Waals surface area (Å²) in [6.07, 6.45) is 0. The van der Waals surface area contributed by atoms with Crippen molar-refractivity contribution in [2.24, 2.45) is 0 Å². The average molecular weight is 374 g/mol. The van der Waals surface area contributed by atoms with Gasteiger partial charge in [-0.05, 0) is 17.7 Å². The molecule has 2 saturated heterocycles. The van der Waals surface area contributed by atoms with Gasteiger partial charge in [0.2, 0.25) is 0 Å². The molecule has 0 N–H and O–H groups in total. The summed E-state index contributed by atoms with van der Waals surface area (Å²) in [7, 11) is -0.405. The summed E-state index contributed by atoms with van der Waals surface area (Å²) in [5.41, 5.74) is 0.721. The summed E-state index contributed by atoms with van der Waals surface area (Å²) < 4.78 is 17.3. The van der Waals surface area contributed by atoms with Gasteiger partial charge in [-0.1, -0.05) is 18.7 Å². The van der Waals surface area contributed by atoms with Gasteiger partial charge in [-0.2, -0.15) is 0 Å². The van der Waals surface area contributed by atoms with Crippen LogP contribution in [0.15, 0.2) is 36.4 Å². The van der Waals surface area contributed by atoms with Gasteiger partial charge in [-0.15, -0.1) is 0 Å². The van der Waals surface area contributed by atoms with Gasteiger partial charge < -0.3 is 9.64 Å². The zero-order valence-corrected chi connectivity index (χ0v) is 14.5. The van der Waals surface area contributed by atoms with Crippen molar-refractivity contribution in [3.05, 3.63) is 47.5 Å². The molecule has 4 rings (SSSR count). The number of fused-ring (bicyclic) bond motifs is 2. The second-order valence-electron chi connectivity index (χ2n) is 6.22. The van der Waals surface area contributed by atoms with E-state index in [0.717, 1.165) is 9.80 Å². The quantitative estimate of drug-likeness (QED) is 0.304. The van der Waals surface area contributed by atoms with Crippen molar-refractivity contribution in [2.75, 3.05) is 12.9 Å². The van der Waals surface area contributed by atoms with Gasteiger partial charge in [0.1, 0.15) is 5.37 Å². The van der Waals surface area contributed by atoms with Crippen LogP contribution >= 0.6 is 0 Å². The van der Waals surface area contributed by atoms with Gasteiger partial charge in [0.15, 0.2) is 12.1 Å². The molecule has 9 heteroatoms. The van der Waals surface area contributed by atoms with E-state index in [-0.39, 0.29) is 16.9 Å². The molecule has 26 heavy (non-hydrogen) atoms. The predicted molar refractivity (Wildman–Crippen MR) is 89.3 cm³/mol. The minimum atomic E-state index is -1.59. The van der Waals surface area contributed by atoms with Crippen LogP contribution in [0.1, 0.15) is 20.7 Å². The minimum absolute atomic E-state index is 0.00607. The number of hydrogen-bond donors (Lipinski definition) is 0. The molecular formula is C17H14N2O6S. The number of esters is 1. The fourth-order valence-corrected chi connectivity index (χ4v) is 5.35. The molecule has 134 valence electrons. The highest BCUT2D eigenvalue weighted by molar-refractivity contribution is 7.86. The van der Waals surface area contributed by atoms with E-state index in [0.29, 0.717) is 5.57 Å². The molecule has 3 heterocycles. The van der Waals surface area contributed by atoms with Crippen molar-refractivity contribution >= 4 is 34.5 Å². The number of nitrogens with zero attached hydrogens (tertiary/aromatic N) is 2. The predicted octanol–water partition coefficient (Wildman–Crippen LogP) is -0.320. The number of imide groups is 1. The number of rotatable bonds is 2. The molecule has 2 fully saturated rings. The third-order valence-corrected chi connectivity index (χ3v) is 6.52. The topological polar surface area (TPSA) is 101 Å². The van der Waals surface area contributed by atoms with E-state index in [1.165, 1.54) is 19.2 Å². The number of carbonyl (C=O) groups excluding carboxylic acids is 4. The molecule has 1 aromatic rings. The van der Waals surface area contributed by atoms with Crippen LogP contribution in [-0.2, 0) is 25.1 Å². The summed E-state index contributed by atoms with van der Waals surface area (Å²) in [4.78, 5) is 52.0. The molecule has 0 bridgehead atoms. The van der Waals surface area contributed by atoms with Crippen molar-refractivity contribution in [1.82, 2.24) is 9.80 Å². The molecule has 0 radical (unpaired) electrons. The SMILES string of the molecule is C=C1CS(=O)[C@H]2C(N3C(=O)c4ccccc4C3=O)C(=O)N2C1C(=O)OC. The summed E-state index contributed by atoms with van der Waals surface area (Å²) in [6.45, 7) is 3.72. The zero-order valence-electron chi connectivity index (χ0n) is 13.7. The molecule has 3 amide bonds. The second-order valence-corrected chi connectivity index (χ2v) is 7.75. The molecular weight excluding hydrogens is 360 g/mol. The molecule has 4 atom stereocenters. The van der Waals surface area contributed by atoms with E-state index < -0.39 is 51.9 Å². The summed E-state index contributed by atoms with van der Waals surface area (Å²) in [5, 5.41) is -0.945. The number of β-lactam (4-membered cyclic amide) rings is 1. The van der Waals surface area contributed by atoms with Gasteiger partial charge in [0.25, 0.3) is 17.7 Å². The van der Waals surface area contributed by atoms with E-state index in [9.17, 15) is 23.4 Å². The Morgan fingerprint density at radius 2 is 1.77 bits per heavy atom. The molecule has 0 aliphatic carbocycles. The first kappa shape index (κ1) is 16.6. The Balaban J connectivity index is 1.71. The van der Waals surface area contributed by atoms with E-state index in [1.54, 1.807) is 12.1 Å². The Labute approximate surface area is 150 Å². The highest BCUT2D eigenvalue weighted by Gasteiger charge is 2.63. The fraction of sp³-hybridized carbons (Fsp3) is 0.294. The lowest BCUT2D eigenvalue weighted by Crippen LogP contribution is -2.78. The molecule has 3 aliphatic heterocycles. The standard InChI is InChI=1S/C17H14N2O6S/c1-8-7-26(24)16-12(15(22)19(16)11(8)17(23)25-2)18-13(20)9-5-3-4-6-10(9)14(18)21/h3-6,11-12,16H,1,7H2,2H3/t11?,12?,16-,26?/m0/s1. The molecule has 8 nitrogen and oxygen atoms in total. The van der Waals surface area contributed by atoms with Crippen LogP contribution in [0.3, 0.4) is 0 Å². The minimum Gasteiger partial charge on any atom is -0.467 e. The Morgan fingerprint density at radius 3 is 2.31 bits per heavy atom. The van der Waals surface area contributed by atoms with Crippen LogP contribution in [0.5, 0.6) is 0 Å². The van der Waals surface area contributed by atoms with Crippen molar-refractivity contribution in [3.8, 4) is 0 Å². The van der Waals surface area contributed by atoms with Crippen LogP contribution in [0.25, 0.3) is 0 Å². The van der Waals surface area contributed by atoms with Gasteiger partial charge in [0.05, 0.1) is 29.0 Å². The van der Waals surface area contributed by atoms with Crippen LogP contribution in [-0.4, -0.2) is 68.0 Å². The molecule has 0 aromatic heterocycles. The molecule has 3 unspecified atom stereocenters. The van der Waals surface area contributed by atoms with Gasteiger partial charge >= 0.3 is 5.97 Å². The maximum Gasteiger partial charge on any atom is 0.332 e. The fourth-order valence-electron chi connectivity index (χ4n) is 3.65. The Bertz CT molecular complexity index is 891. The van der Waals surface area contributed by atoms with Gasteiger partial charge in [0, 0.05) is 5.75 Å². The van der Waals surface area contributed by atoms with E-state index in [1.807, 2.05) is 0 Å². The smallest absolute Gasteiger partial charge is 0.332 e. The summed E-state index contributed by atoms with van der Waals surface area (Å²) in [5.74, 6) is -2.51. The largest absolute Gasteiger partial charge is 0.467 e. The first-order valence-electron chi connectivity index (χ1n) is 7.80. The molecule has 0 saturated carbocycles. The van der Waals surface area contributed by atoms with E-state index in [2.05, 4.69) is 6.58 Å². The molecule has 3 aliphatic rings. The van der Waals surface area contributed by atoms with Crippen LogP contribution in [0, 0.1) is 0 Å². The van der Waals surface area contributed by atoms with Crippen molar-refractivity contribution in [2.45, 2.75) is 17.5 Å². The normalized spacial score (nSPS) is 30.0. The zero-order chi connectivity index (χ0) is 18.7. The van der Waals surface area contributed by atoms with Crippen LogP contribution in [0.2, 0.25) is 0 Å². The lowest BCUT2D eigenvalue weighted by Gasteiger charge is -2.53.